The van der Waals surface area contributed by atoms with Gasteiger partial charge in [-0.3, -0.25) is 4.79 Å². The fraction of sp³-hybridized carbons (Fsp3) is 0. The molecule has 3 nitrogen and oxygen atoms in total. The molecule has 0 saturated heterocycles. The Balaban J connectivity index is 3.29. The van der Waals surface area contributed by atoms with E-state index in [1.165, 1.54) is 12.1 Å². The first kappa shape index (κ1) is 11.0. The number of rotatable bonds is 3. The Hall–Kier alpha value is -2.04. The topological polar surface area (TPSA) is 66.9 Å². The van der Waals surface area contributed by atoms with E-state index in [1.54, 1.807) is 0 Å². The highest BCUT2D eigenvalue weighted by Crippen LogP contribution is 2.20. The molecule has 1 aromatic rings. The van der Waals surface area contributed by atoms with E-state index in [2.05, 4.69) is 0 Å². The summed E-state index contributed by atoms with van der Waals surface area (Å²) >= 11 is 0. The van der Waals surface area contributed by atoms with Crippen LogP contribution in [0, 0.1) is 11.2 Å². The molecule has 0 heterocycles. The monoisotopic (exact) mass is 210 g/mol. The zero-order chi connectivity index (χ0) is 11.4. The third-order valence-corrected chi connectivity index (χ3v) is 1.80. The second kappa shape index (κ2) is 4.45. The van der Waals surface area contributed by atoms with Gasteiger partial charge in [-0.05, 0) is 6.08 Å². The molecule has 0 saturated carbocycles. The molecular formula is C10H8F2N2O. The first-order valence-corrected chi connectivity index (χ1v) is 4.01. The lowest BCUT2D eigenvalue weighted by molar-refractivity contribution is -0.106. The average molecular weight is 210 g/mol. The summed E-state index contributed by atoms with van der Waals surface area (Å²) in [5, 5.41) is 6.91. The zero-order valence-corrected chi connectivity index (χ0v) is 7.63. The van der Waals surface area contributed by atoms with Gasteiger partial charge < -0.3 is 11.1 Å². The van der Waals surface area contributed by atoms with Crippen molar-refractivity contribution in [3.05, 3.63) is 34.9 Å². The average Bonchev–Trinajstić information content (AvgIpc) is 2.25. The van der Waals surface area contributed by atoms with Crippen molar-refractivity contribution in [3.63, 3.8) is 0 Å². The number of nitrogen functional groups attached to an aromatic ring is 1. The standard InChI is InChI=1S/C10H8F2N2O/c11-8(5-15)3-6-1-2-7(4-13)10(14)9(6)12/h1-5,13H,14H2/b8-3-,13-4?. The molecule has 3 N–H and O–H groups in total. The molecule has 0 spiro atoms. The molecular weight excluding hydrogens is 202 g/mol. The first-order chi connectivity index (χ1) is 7.10. The van der Waals surface area contributed by atoms with Gasteiger partial charge in [0.1, 0.15) is 0 Å². The number of nitrogens with one attached hydrogen (secondary N) is 1. The van der Waals surface area contributed by atoms with E-state index in [4.69, 9.17) is 11.1 Å². The molecule has 1 aromatic carbocycles. The Labute approximate surface area is 84.7 Å². The van der Waals surface area contributed by atoms with Crippen LogP contribution < -0.4 is 5.73 Å². The molecule has 0 amide bonds. The number of halogens is 2. The summed E-state index contributed by atoms with van der Waals surface area (Å²) in [4.78, 5) is 10.00. The third-order valence-electron chi connectivity index (χ3n) is 1.80. The van der Waals surface area contributed by atoms with E-state index in [-0.39, 0.29) is 23.1 Å². The Morgan fingerprint density at radius 1 is 1.40 bits per heavy atom. The van der Waals surface area contributed by atoms with Crippen molar-refractivity contribution in [2.24, 2.45) is 0 Å². The van der Waals surface area contributed by atoms with Crippen molar-refractivity contribution in [1.29, 1.82) is 5.41 Å². The van der Waals surface area contributed by atoms with E-state index in [1.807, 2.05) is 0 Å². The fourth-order valence-electron chi connectivity index (χ4n) is 1.04. The van der Waals surface area contributed by atoms with Crippen LogP contribution in [0.1, 0.15) is 11.1 Å². The molecule has 1 rings (SSSR count). The molecule has 0 aliphatic heterocycles. The number of nitrogens with two attached hydrogens (primary N) is 1. The largest absolute Gasteiger partial charge is 0.396 e. The Kier molecular flexibility index (Phi) is 3.28. The van der Waals surface area contributed by atoms with Crippen LogP contribution in [0.25, 0.3) is 6.08 Å². The Morgan fingerprint density at radius 2 is 2.00 bits per heavy atom. The van der Waals surface area contributed by atoms with Crippen LogP contribution in [0.3, 0.4) is 0 Å². The molecule has 0 atom stereocenters. The Morgan fingerprint density at radius 3 is 2.53 bits per heavy atom. The van der Waals surface area contributed by atoms with Crippen LogP contribution in [-0.2, 0) is 4.79 Å². The molecule has 0 aromatic heterocycles. The van der Waals surface area contributed by atoms with Crippen LogP contribution in [0.4, 0.5) is 14.5 Å². The number of aldehydes is 1. The van der Waals surface area contributed by atoms with Gasteiger partial charge in [-0.15, -0.1) is 0 Å². The van der Waals surface area contributed by atoms with Crippen LogP contribution >= 0.6 is 0 Å². The minimum absolute atomic E-state index is 0.0276. The predicted octanol–water partition coefficient (Wildman–Crippen LogP) is 1.91. The summed E-state index contributed by atoms with van der Waals surface area (Å²) in [5.41, 5.74) is 5.19. The lowest BCUT2D eigenvalue weighted by atomic mass is 10.1. The second-order valence-corrected chi connectivity index (χ2v) is 2.76. The third kappa shape index (κ3) is 2.25. The van der Waals surface area contributed by atoms with Crippen molar-refractivity contribution >= 4 is 24.3 Å². The molecule has 0 unspecified atom stereocenters. The smallest absolute Gasteiger partial charge is 0.178 e. The van der Waals surface area contributed by atoms with E-state index in [0.717, 1.165) is 12.3 Å². The van der Waals surface area contributed by atoms with Gasteiger partial charge in [0.15, 0.2) is 17.9 Å². The minimum Gasteiger partial charge on any atom is -0.396 e. The maximum Gasteiger partial charge on any atom is 0.178 e. The zero-order valence-electron chi connectivity index (χ0n) is 7.63. The van der Waals surface area contributed by atoms with Gasteiger partial charge in [0, 0.05) is 17.3 Å². The number of carbonyl (C=O) groups excluding carboxylic acids is 1. The van der Waals surface area contributed by atoms with E-state index in [9.17, 15) is 13.6 Å². The van der Waals surface area contributed by atoms with Crippen molar-refractivity contribution in [1.82, 2.24) is 0 Å². The van der Waals surface area contributed by atoms with Gasteiger partial charge in [0.2, 0.25) is 0 Å². The number of allylic oxidation sites excluding steroid dienone is 1. The minimum atomic E-state index is -1.09. The Bertz CT molecular complexity index is 441. The number of hydrogen-bond donors (Lipinski definition) is 2. The van der Waals surface area contributed by atoms with E-state index in [0.29, 0.717) is 0 Å². The maximum atomic E-state index is 13.4. The summed E-state index contributed by atoms with van der Waals surface area (Å²) in [6.45, 7) is 0. The van der Waals surface area contributed by atoms with Gasteiger partial charge >= 0.3 is 0 Å². The molecule has 15 heavy (non-hydrogen) atoms. The van der Waals surface area contributed by atoms with Crippen LogP contribution in [0.2, 0.25) is 0 Å². The lowest BCUT2D eigenvalue weighted by Crippen LogP contribution is -1.99. The molecule has 5 heteroatoms. The maximum absolute atomic E-state index is 13.4. The van der Waals surface area contributed by atoms with E-state index >= 15 is 0 Å². The van der Waals surface area contributed by atoms with Gasteiger partial charge in [-0.1, -0.05) is 12.1 Å². The van der Waals surface area contributed by atoms with Gasteiger partial charge in [-0.2, -0.15) is 0 Å². The van der Waals surface area contributed by atoms with E-state index < -0.39 is 11.6 Å². The first-order valence-electron chi connectivity index (χ1n) is 4.01. The van der Waals surface area contributed by atoms with Crippen molar-refractivity contribution < 1.29 is 13.6 Å². The molecule has 0 aliphatic rings. The van der Waals surface area contributed by atoms with Gasteiger partial charge in [0.25, 0.3) is 0 Å². The molecule has 0 fully saturated rings. The number of carbonyl (C=O) groups is 1. The SMILES string of the molecule is N=Cc1ccc(/C=C(\F)C=O)c(F)c1N. The summed E-state index contributed by atoms with van der Waals surface area (Å²) in [5.74, 6) is -1.93. The van der Waals surface area contributed by atoms with Crippen LogP contribution in [-0.4, -0.2) is 12.5 Å². The normalized spacial score (nSPS) is 11.2. The van der Waals surface area contributed by atoms with Crippen molar-refractivity contribution in [2.75, 3.05) is 5.73 Å². The van der Waals surface area contributed by atoms with Crippen molar-refractivity contribution in [2.45, 2.75) is 0 Å². The summed E-state index contributed by atoms with van der Waals surface area (Å²) in [6.07, 6.45) is 1.61. The summed E-state index contributed by atoms with van der Waals surface area (Å²) < 4.78 is 25.9. The highest BCUT2D eigenvalue weighted by molar-refractivity contribution is 5.87. The van der Waals surface area contributed by atoms with Crippen molar-refractivity contribution in [3.8, 4) is 0 Å². The van der Waals surface area contributed by atoms with Gasteiger partial charge in [0.05, 0.1) is 5.69 Å². The molecule has 0 aliphatic carbocycles. The van der Waals surface area contributed by atoms with Crippen LogP contribution in [0.15, 0.2) is 18.0 Å². The second-order valence-electron chi connectivity index (χ2n) is 2.76. The quantitative estimate of drug-likeness (QED) is 0.346. The fourth-order valence-corrected chi connectivity index (χ4v) is 1.04. The summed E-state index contributed by atoms with van der Waals surface area (Å²) in [6, 6.07) is 2.62. The molecule has 0 radical (unpaired) electrons. The number of hydrogen-bond acceptors (Lipinski definition) is 3. The highest BCUT2D eigenvalue weighted by Gasteiger charge is 2.08. The predicted molar refractivity (Wildman–Crippen MR) is 53.8 cm³/mol. The van der Waals surface area contributed by atoms with Crippen LogP contribution in [0.5, 0.6) is 0 Å². The highest BCUT2D eigenvalue weighted by atomic mass is 19.1. The molecule has 78 valence electrons. The number of anilines is 1. The lowest BCUT2D eigenvalue weighted by Gasteiger charge is -2.03. The van der Waals surface area contributed by atoms with Gasteiger partial charge in [-0.25, -0.2) is 8.78 Å². The molecule has 0 bridgehead atoms. The number of benzene rings is 1. The summed E-state index contributed by atoms with van der Waals surface area (Å²) in [7, 11) is 0.